The summed E-state index contributed by atoms with van der Waals surface area (Å²) in [7, 11) is 1.79. The second-order valence-corrected chi connectivity index (χ2v) is 5.54. The molecule has 1 aliphatic carbocycles. The van der Waals surface area contributed by atoms with Gasteiger partial charge in [-0.15, -0.1) is 0 Å². The van der Waals surface area contributed by atoms with Crippen molar-refractivity contribution in [2.45, 2.75) is 44.6 Å². The number of carbonyl (C=O) groups is 1. The van der Waals surface area contributed by atoms with Gasteiger partial charge in [-0.05, 0) is 25.7 Å². The summed E-state index contributed by atoms with van der Waals surface area (Å²) in [5, 5.41) is 6.56. The van der Waals surface area contributed by atoms with Crippen LogP contribution in [0.5, 0.6) is 0 Å². The number of rotatable bonds is 5. The number of amides is 1. The largest absolute Gasteiger partial charge is 0.384 e. The van der Waals surface area contributed by atoms with E-state index in [0.717, 1.165) is 32.5 Å². The van der Waals surface area contributed by atoms with Crippen LogP contribution >= 0.6 is 0 Å². The van der Waals surface area contributed by atoms with Gasteiger partial charge in [-0.25, -0.2) is 0 Å². The Bertz CT molecular complexity index is 264. The van der Waals surface area contributed by atoms with Crippen molar-refractivity contribution >= 4 is 5.91 Å². The molecule has 2 fully saturated rings. The first-order chi connectivity index (χ1) is 8.24. The van der Waals surface area contributed by atoms with Crippen LogP contribution in [0.1, 0.15) is 38.5 Å². The van der Waals surface area contributed by atoms with Crippen molar-refractivity contribution in [1.82, 2.24) is 10.6 Å². The summed E-state index contributed by atoms with van der Waals surface area (Å²) in [4.78, 5) is 11.2. The Morgan fingerprint density at radius 3 is 2.94 bits per heavy atom. The van der Waals surface area contributed by atoms with Crippen LogP contribution in [0.15, 0.2) is 0 Å². The van der Waals surface area contributed by atoms with Crippen LogP contribution in [0.4, 0.5) is 0 Å². The molecule has 1 saturated carbocycles. The molecule has 1 atom stereocenters. The number of hydrogen-bond acceptors (Lipinski definition) is 3. The molecule has 2 N–H and O–H groups in total. The molecule has 0 spiro atoms. The molecule has 0 aromatic heterocycles. The lowest BCUT2D eigenvalue weighted by molar-refractivity contribution is -0.120. The fraction of sp³-hybridized carbons (Fsp3) is 0.923. The minimum atomic E-state index is 0.199. The Hall–Kier alpha value is -0.610. The molecule has 1 saturated heterocycles. The molecule has 2 rings (SSSR count). The molecule has 0 unspecified atom stereocenters. The Balaban J connectivity index is 1.74. The first kappa shape index (κ1) is 12.8. The standard InChI is InChI=1S/C13H24N2O2/c1-17-10-13(6-2-7-13)9-15-11-3-4-12(16)14-8-5-11/h11,15H,2-10H2,1H3,(H,14,16)/t11-/m0/s1. The van der Waals surface area contributed by atoms with Gasteiger partial charge < -0.3 is 15.4 Å². The van der Waals surface area contributed by atoms with E-state index in [2.05, 4.69) is 10.6 Å². The van der Waals surface area contributed by atoms with Crippen molar-refractivity contribution in [3.63, 3.8) is 0 Å². The smallest absolute Gasteiger partial charge is 0.220 e. The molecule has 0 aromatic rings. The van der Waals surface area contributed by atoms with E-state index in [-0.39, 0.29) is 5.91 Å². The summed E-state index contributed by atoms with van der Waals surface area (Å²) >= 11 is 0. The lowest BCUT2D eigenvalue weighted by Crippen LogP contribution is -2.46. The van der Waals surface area contributed by atoms with Crippen molar-refractivity contribution in [3.8, 4) is 0 Å². The van der Waals surface area contributed by atoms with Crippen molar-refractivity contribution in [3.05, 3.63) is 0 Å². The third kappa shape index (κ3) is 3.42. The number of ether oxygens (including phenoxy) is 1. The van der Waals surface area contributed by atoms with Crippen LogP contribution in [0.25, 0.3) is 0 Å². The van der Waals surface area contributed by atoms with Gasteiger partial charge >= 0.3 is 0 Å². The highest BCUT2D eigenvalue weighted by molar-refractivity contribution is 5.76. The second kappa shape index (κ2) is 5.83. The minimum Gasteiger partial charge on any atom is -0.384 e. The summed E-state index contributed by atoms with van der Waals surface area (Å²) < 4.78 is 5.32. The molecule has 1 heterocycles. The number of methoxy groups -OCH3 is 1. The van der Waals surface area contributed by atoms with Gasteiger partial charge in [-0.3, -0.25) is 4.79 Å². The lowest BCUT2D eigenvalue weighted by atomic mass is 9.69. The Labute approximate surface area is 103 Å². The first-order valence-corrected chi connectivity index (χ1v) is 6.73. The Kier molecular flexibility index (Phi) is 4.40. The summed E-state index contributed by atoms with van der Waals surface area (Å²) in [5.74, 6) is 0.199. The molecule has 98 valence electrons. The van der Waals surface area contributed by atoms with E-state index in [0.29, 0.717) is 17.9 Å². The molecule has 1 amide bonds. The zero-order valence-electron chi connectivity index (χ0n) is 10.8. The molecule has 2 aliphatic rings. The van der Waals surface area contributed by atoms with Gasteiger partial charge in [0, 0.05) is 38.1 Å². The number of nitrogens with one attached hydrogen (secondary N) is 2. The SMILES string of the molecule is COCC1(CN[C@@H]2CCNC(=O)CC2)CCC1. The number of carbonyl (C=O) groups excluding carboxylic acids is 1. The average Bonchev–Trinajstić information content (AvgIpc) is 2.47. The second-order valence-electron chi connectivity index (χ2n) is 5.54. The van der Waals surface area contributed by atoms with Gasteiger partial charge in [0.25, 0.3) is 0 Å². The van der Waals surface area contributed by atoms with Crippen molar-refractivity contribution in [2.24, 2.45) is 5.41 Å². The molecule has 4 heteroatoms. The summed E-state index contributed by atoms with van der Waals surface area (Å²) in [6, 6.07) is 0.489. The maximum atomic E-state index is 11.2. The predicted octanol–water partition coefficient (Wildman–Crippen LogP) is 1.06. The molecular formula is C13H24N2O2. The Morgan fingerprint density at radius 2 is 2.29 bits per heavy atom. The van der Waals surface area contributed by atoms with E-state index in [1.54, 1.807) is 7.11 Å². The van der Waals surface area contributed by atoms with E-state index < -0.39 is 0 Å². The molecular weight excluding hydrogens is 216 g/mol. The first-order valence-electron chi connectivity index (χ1n) is 6.73. The molecule has 0 radical (unpaired) electrons. The zero-order chi connectivity index (χ0) is 12.1. The Morgan fingerprint density at radius 1 is 1.47 bits per heavy atom. The minimum absolute atomic E-state index is 0.199. The van der Waals surface area contributed by atoms with Crippen LogP contribution in [-0.4, -0.2) is 38.8 Å². The fourth-order valence-corrected chi connectivity index (χ4v) is 2.84. The quantitative estimate of drug-likeness (QED) is 0.755. The van der Waals surface area contributed by atoms with Crippen LogP contribution in [0.2, 0.25) is 0 Å². The van der Waals surface area contributed by atoms with Crippen LogP contribution < -0.4 is 10.6 Å². The summed E-state index contributed by atoms with van der Waals surface area (Å²) in [6.07, 6.45) is 6.56. The third-order valence-electron chi connectivity index (χ3n) is 4.17. The highest BCUT2D eigenvalue weighted by atomic mass is 16.5. The van der Waals surface area contributed by atoms with Crippen LogP contribution in [0.3, 0.4) is 0 Å². The summed E-state index contributed by atoms with van der Waals surface area (Å²) in [6.45, 7) is 2.72. The van der Waals surface area contributed by atoms with E-state index in [4.69, 9.17) is 4.74 Å². The van der Waals surface area contributed by atoms with Crippen molar-refractivity contribution in [2.75, 3.05) is 26.8 Å². The average molecular weight is 240 g/mol. The predicted molar refractivity (Wildman–Crippen MR) is 66.8 cm³/mol. The van der Waals surface area contributed by atoms with Crippen LogP contribution in [0, 0.1) is 5.41 Å². The van der Waals surface area contributed by atoms with Gasteiger partial charge in [-0.1, -0.05) is 6.42 Å². The van der Waals surface area contributed by atoms with Crippen molar-refractivity contribution in [1.29, 1.82) is 0 Å². The van der Waals surface area contributed by atoms with E-state index in [1.807, 2.05) is 0 Å². The van der Waals surface area contributed by atoms with Gasteiger partial charge in [0.05, 0.1) is 6.61 Å². The lowest BCUT2D eigenvalue weighted by Gasteiger charge is -2.42. The maximum absolute atomic E-state index is 11.2. The van der Waals surface area contributed by atoms with E-state index >= 15 is 0 Å². The van der Waals surface area contributed by atoms with Gasteiger partial charge in [0.2, 0.25) is 5.91 Å². The third-order valence-corrected chi connectivity index (χ3v) is 4.17. The van der Waals surface area contributed by atoms with Gasteiger partial charge in [0.1, 0.15) is 0 Å². The molecule has 1 aliphatic heterocycles. The molecule has 0 aromatic carbocycles. The van der Waals surface area contributed by atoms with Crippen molar-refractivity contribution < 1.29 is 9.53 Å². The zero-order valence-corrected chi connectivity index (χ0v) is 10.8. The highest BCUT2D eigenvalue weighted by Gasteiger charge is 2.37. The summed E-state index contributed by atoms with van der Waals surface area (Å²) in [5.41, 5.74) is 0.374. The molecule has 17 heavy (non-hydrogen) atoms. The monoisotopic (exact) mass is 240 g/mol. The molecule has 0 bridgehead atoms. The van der Waals surface area contributed by atoms with Crippen LogP contribution in [-0.2, 0) is 9.53 Å². The highest BCUT2D eigenvalue weighted by Crippen LogP contribution is 2.40. The fourth-order valence-electron chi connectivity index (χ4n) is 2.84. The van der Waals surface area contributed by atoms with Gasteiger partial charge in [0.15, 0.2) is 0 Å². The topological polar surface area (TPSA) is 50.4 Å². The van der Waals surface area contributed by atoms with Gasteiger partial charge in [-0.2, -0.15) is 0 Å². The normalized spacial score (nSPS) is 28.1. The maximum Gasteiger partial charge on any atom is 0.220 e. The number of hydrogen-bond donors (Lipinski definition) is 2. The van der Waals surface area contributed by atoms with E-state index in [9.17, 15) is 4.79 Å². The van der Waals surface area contributed by atoms with E-state index in [1.165, 1.54) is 19.3 Å². The molecule has 4 nitrogen and oxygen atoms in total.